The number of nitrogens with two attached hydrogens (primary N) is 1. The Kier molecular flexibility index (Phi) is 4.87. The second-order valence-corrected chi connectivity index (χ2v) is 8.37. The predicted molar refractivity (Wildman–Crippen MR) is 104 cm³/mol. The zero-order valence-corrected chi connectivity index (χ0v) is 16.2. The molecule has 0 bridgehead atoms. The van der Waals surface area contributed by atoms with Gasteiger partial charge in [0.2, 0.25) is 15.8 Å². The molecule has 9 nitrogen and oxygen atoms in total. The fraction of sp³-hybridized carbons (Fsp3) is 0.263. The second kappa shape index (κ2) is 7.36. The van der Waals surface area contributed by atoms with Crippen LogP contribution in [-0.2, 0) is 20.2 Å². The molecule has 2 aromatic carbocycles. The lowest BCUT2D eigenvalue weighted by molar-refractivity contribution is 0.0675. The van der Waals surface area contributed by atoms with Gasteiger partial charge in [-0.2, -0.15) is 10.5 Å². The number of H-pyrrole nitrogens is 1. The summed E-state index contributed by atoms with van der Waals surface area (Å²) in [5.74, 6) is 0.131. The fourth-order valence-electron chi connectivity index (χ4n) is 3.66. The minimum atomic E-state index is -4.01. The van der Waals surface area contributed by atoms with Crippen LogP contribution >= 0.6 is 0 Å². The number of nitriles is 1. The Labute approximate surface area is 167 Å². The Morgan fingerprint density at radius 2 is 1.86 bits per heavy atom. The lowest BCUT2D eigenvalue weighted by atomic mass is 9.75. The molecule has 0 saturated carbocycles. The maximum atomic E-state index is 12.1. The molecular formula is C19H18N6O3S. The van der Waals surface area contributed by atoms with Crippen LogP contribution in [0.1, 0.15) is 18.4 Å². The van der Waals surface area contributed by atoms with Gasteiger partial charge < -0.3 is 4.74 Å². The van der Waals surface area contributed by atoms with Crippen molar-refractivity contribution in [2.24, 2.45) is 5.14 Å². The molecule has 1 aromatic heterocycles. The van der Waals surface area contributed by atoms with Gasteiger partial charge in [0.1, 0.15) is 0 Å². The van der Waals surface area contributed by atoms with Crippen LogP contribution in [0.4, 0.5) is 0 Å². The van der Waals surface area contributed by atoms with Crippen molar-refractivity contribution >= 4 is 10.0 Å². The molecule has 1 aliphatic heterocycles. The third-order valence-electron chi connectivity index (χ3n) is 5.21. The summed E-state index contributed by atoms with van der Waals surface area (Å²) in [4.78, 5) is -0.0848. The molecule has 0 atom stereocenters. The molecule has 2 heterocycles. The van der Waals surface area contributed by atoms with E-state index in [9.17, 15) is 13.7 Å². The van der Waals surface area contributed by atoms with Crippen molar-refractivity contribution in [3.8, 4) is 28.6 Å². The van der Waals surface area contributed by atoms with Crippen LogP contribution in [0.15, 0.2) is 47.4 Å². The Balaban J connectivity index is 1.83. The number of aromatic amines is 1. The number of benzene rings is 2. The van der Waals surface area contributed by atoms with E-state index in [1.165, 1.54) is 6.07 Å². The van der Waals surface area contributed by atoms with Crippen molar-refractivity contribution in [2.75, 3.05) is 13.2 Å². The third-order valence-corrected chi connectivity index (χ3v) is 6.16. The Hall–Kier alpha value is -3.13. The first kappa shape index (κ1) is 19.2. The Morgan fingerprint density at radius 1 is 1.14 bits per heavy atom. The van der Waals surface area contributed by atoms with E-state index < -0.39 is 15.4 Å². The SMILES string of the molecule is N#CC1(c2ccc(-c3cccc(S(N)(=O)=O)c3-c3nn[nH]n3)cc2)CCOCC1. The van der Waals surface area contributed by atoms with Crippen molar-refractivity contribution in [1.82, 2.24) is 20.6 Å². The molecule has 3 aromatic rings. The molecule has 1 saturated heterocycles. The minimum Gasteiger partial charge on any atom is -0.381 e. The standard InChI is InChI=1S/C19H18N6O3S/c20-12-19(8-10-28-11-9-19)14-6-4-13(5-7-14)15-2-1-3-16(29(21,26)27)17(15)18-22-24-25-23-18/h1-7H,8-11H2,(H2,21,26,27)(H,22,23,24,25). The normalized spacial score (nSPS) is 16.3. The van der Waals surface area contributed by atoms with Crippen LogP contribution in [0.5, 0.6) is 0 Å². The van der Waals surface area contributed by atoms with E-state index in [1.54, 1.807) is 12.1 Å². The molecule has 1 aliphatic rings. The molecular weight excluding hydrogens is 392 g/mol. The average Bonchev–Trinajstić information content (AvgIpc) is 3.28. The van der Waals surface area contributed by atoms with Crippen molar-refractivity contribution < 1.29 is 13.2 Å². The highest BCUT2D eigenvalue weighted by atomic mass is 32.2. The van der Waals surface area contributed by atoms with Gasteiger partial charge in [-0.05, 0) is 40.8 Å². The van der Waals surface area contributed by atoms with Gasteiger partial charge in [-0.1, -0.05) is 36.4 Å². The first-order valence-electron chi connectivity index (χ1n) is 8.94. The van der Waals surface area contributed by atoms with Crippen molar-refractivity contribution in [3.05, 3.63) is 48.0 Å². The average molecular weight is 410 g/mol. The highest BCUT2D eigenvalue weighted by molar-refractivity contribution is 7.89. The molecule has 0 aliphatic carbocycles. The van der Waals surface area contributed by atoms with Crippen LogP contribution in [0.2, 0.25) is 0 Å². The summed E-state index contributed by atoms with van der Waals surface area (Å²) in [6.45, 7) is 1.10. The predicted octanol–water partition coefficient (Wildman–Crippen LogP) is 1.75. The lowest BCUT2D eigenvalue weighted by Crippen LogP contribution is -2.32. The molecule has 0 radical (unpaired) electrons. The molecule has 1 fully saturated rings. The topological polar surface area (TPSA) is 148 Å². The van der Waals surface area contributed by atoms with Gasteiger partial charge in [-0.25, -0.2) is 13.6 Å². The molecule has 10 heteroatoms. The number of ether oxygens (including phenoxy) is 1. The largest absolute Gasteiger partial charge is 0.381 e. The summed E-state index contributed by atoms with van der Waals surface area (Å²) < 4.78 is 29.6. The van der Waals surface area contributed by atoms with E-state index in [2.05, 4.69) is 26.7 Å². The summed E-state index contributed by atoms with van der Waals surface area (Å²) in [7, 11) is -4.01. The van der Waals surface area contributed by atoms with Crippen LogP contribution in [0, 0.1) is 11.3 Å². The van der Waals surface area contributed by atoms with Crippen molar-refractivity contribution in [3.63, 3.8) is 0 Å². The molecule has 3 N–H and O–H groups in total. The minimum absolute atomic E-state index is 0.0848. The number of tetrazole rings is 1. The van der Waals surface area contributed by atoms with Gasteiger partial charge in [0.25, 0.3) is 0 Å². The molecule has 148 valence electrons. The number of hydrogen-bond donors (Lipinski definition) is 2. The van der Waals surface area contributed by atoms with Gasteiger partial charge >= 0.3 is 0 Å². The number of hydrogen-bond acceptors (Lipinski definition) is 7. The first-order chi connectivity index (χ1) is 13.9. The number of aromatic nitrogens is 4. The van der Waals surface area contributed by atoms with Crippen LogP contribution in [0.25, 0.3) is 22.5 Å². The van der Waals surface area contributed by atoms with Gasteiger partial charge in [-0.3, -0.25) is 0 Å². The van der Waals surface area contributed by atoms with E-state index in [4.69, 9.17) is 9.88 Å². The van der Waals surface area contributed by atoms with Crippen molar-refractivity contribution in [1.29, 1.82) is 5.26 Å². The maximum absolute atomic E-state index is 12.1. The number of primary sulfonamides is 1. The highest BCUT2D eigenvalue weighted by Crippen LogP contribution is 2.38. The van der Waals surface area contributed by atoms with E-state index >= 15 is 0 Å². The molecule has 29 heavy (non-hydrogen) atoms. The summed E-state index contributed by atoms with van der Waals surface area (Å²) in [6.07, 6.45) is 1.27. The monoisotopic (exact) mass is 410 g/mol. The zero-order valence-electron chi connectivity index (χ0n) is 15.4. The molecule has 0 unspecified atom stereocenters. The van der Waals surface area contributed by atoms with Gasteiger partial charge in [0.05, 0.1) is 21.9 Å². The molecule has 0 spiro atoms. The molecule has 4 rings (SSSR count). The van der Waals surface area contributed by atoms with Gasteiger partial charge in [0, 0.05) is 13.2 Å². The van der Waals surface area contributed by atoms with E-state index in [0.717, 1.165) is 11.1 Å². The second-order valence-electron chi connectivity index (χ2n) is 6.84. The quantitative estimate of drug-likeness (QED) is 0.665. The third kappa shape index (κ3) is 3.51. The van der Waals surface area contributed by atoms with Crippen LogP contribution < -0.4 is 5.14 Å². The van der Waals surface area contributed by atoms with Crippen LogP contribution in [0.3, 0.4) is 0 Å². The first-order valence-corrected chi connectivity index (χ1v) is 10.5. The van der Waals surface area contributed by atoms with Gasteiger partial charge in [0.15, 0.2) is 0 Å². The van der Waals surface area contributed by atoms with Gasteiger partial charge in [-0.15, -0.1) is 10.2 Å². The van der Waals surface area contributed by atoms with E-state index in [-0.39, 0.29) is 16.3 Å². The summed E-state index contributed by atoms with van der Waals surface area (Å²) >= 11 is 0. The van der Waals surface area contributed by atoms with E-state index in [0.29, 0.717) is 31.6 Å². The van der Waals surface area contributed by atoms with E-state index in [1.807, 2.05) is 24.3 Å². The molecule has 0 amide bonds. The zero-order chi connectivity index (χ0) is 20.5. The Morgan fingerprint density at radius 3 is 2.45 bits per heavy atom. The van der Waals surface area contributed by atoms with Crippen molar-refractivity contribution in [2.45, 2.75) is 23.2 Å². The number of rotatable bonds is 4. The lowest BCUT2D eigenvalue weighted by Gasteiger charge is -2.31. The number of nitrogens with one attached hydrogen (secondary N) is 1. The Bertz CT molecular complexity index is 1160. The fourth-order valence-corrected chi connectivity index (χ4v) is 4.41. The summed E-state index contributed by atoms with van der Waals surface area (Å²) in [5.41, 5.74) is 1.96. The van der Waals surface area contributed by atoms with Crippen LogP contribution in [-0.4, -0.2) is 42.3 Å². The number of nitrogens with zero attached hydrogens (tertiary/aromatic N) is 4. The number of sulfonamides is 1. The smallest absolute Gasteiger partial charge is 0.238 e. The summed E-state index contributed by atoms with van der Waals surface area (Å²) in [5, 5.41) is 28.9. The maximum Gasteiger partial charge on any atom is 0.238 e. The highest BCUT2D eigenvalue weighted by Gasteiger charge is 2.34. The summed E-state index contributed by atoms with van der Waals surface area (Å²) in [6, 6.07) is 14.7.